The number of ketones is 1. The van der Waals surface area contributed by atoms with Gasteiger partial charge in [-0.05, 0) is 48.3 Å². The Labute approximate surface area is 191 Å². The minimum Gasteiger partial charge on any atom is -0.354 e. The number of nitrogens with zero attached hydrogens (tertiary/aromatic N) is 6. The summed E-state index contributed by atoms with van der Waals surface area (Å²) in [7, 11) is 3.93. The molecule has 0 amide bonds. The van der Waals surface area contributed by atoms with E-state index in [9.17, 15) is 9.18 Å². The topological polar surface area (TPSA) is 67.2 Å². The number of benzene rings is 1. The molecule has 7 nitrogen and oxygen atoms in total. The molecule has 0 atom stereocenters. The molecule has 1 aliphatic heterocycles. The first-order chi connectivity index (χ1) is 16.0. The quantitative estimate of drug-likeness (QED) is 0.440. The first-order valence-corrected chi connectivity index (χ1v) is 11.0. The number of pyridine rings is 2. The Balaban J connectivity index is 1.38. The SMILES string of the molecule is CN1CCN(c2cc(C(=O)Cc3cc4cc(-c5cnn(C)c5)cc(F)c4cn3)ccn2)CC1. The van der Waals surface area contributed by atoms with Crippen molar-refractivity contribution < 1.29 is 9.18 Å². The van der Waals surface area contributed by atoms with Gasteiger partial charge in [-0.25, -0.2) is 9.37 Å². The summed E-state index contributed by atoms with van der Waals surface area (Å²) < 4.78 is 16.4. The van der Waals surface area contributed by atoms with Gasteiger partial charge in [0.15, 0.2) is 5.78 Å². The Hall–Kier alpha value is -3.65. The zero-order valence-electron chi connectivity index (χ0n) is 18.7. The van der Waals surface area contributed by atoms with Gasteiger partial charge in [-0.15, -0.1) is 0 Å². The Morgan fingerprint density at radius 2 is 1.82 bits per heavy atom. The number of anilines is 1. The van der Waals surface area contributed by atoms with Crippen LogP contribution in [0.1, 0.15) is 16.1 Å². The van der Waals surface area contributed by atoms with Crippen LogP contribution in [0.5, 0.6) is 0 Å². The third kappa shape index (κ3) is 4.47. The maximum atomic E-state index is 14.7. The molecular weight excluding hydrogens is 419 g/mol. The number of hydrogen-bond donors (Lipinski definition) is 0. The second-order valence-corrected chi connectivity index (χ2v) is 8.55. The van der Waals surface area contributed by atoms with Gasteiger partial charge in [0.05, 0.1) is 12.6 Å². The van der Waals surface area contributed by atoms with Crippen molar-refractivity contribution in [2.75, 3.05) is 38.1 Å². The van der Waals surface area contributed by atoms with E-state index in [1.54, 1.807) is 29.2 Å². The van der Waals surface area contributed by atoms with E-state index in [1.165, 1.54) is 12.3 Å². The van der Waals surface area contributed by atoms with Crippen LogP contribution >= 0.6 is 0 Å². The number of carbonyl (C=O) groups excluding carboxylic acids is 1. The van der Waals surface area contributed by atoms with Crippen LogP contribution in [0.15, 0.2) is 55.1 Å². The molecule has 1 saturated heterocycles. The number of aryl methyl sites for hydroxylation is 1. The van der Waals surface area contributed by atoms with E-state index >= 15 is 0 Å². The molecule has 33 heavy (non-hydrogen) atoms. The molecule has 1 aliphatic rings. The number of aromatic nitrogens is 4. The van der Waals surface area contributed by atoms with Crippen molar-refractivity contribution in [1.29, 1.82) is 0 Å². The fraction of sp³-hybridized carbons (Fsp3) is 0.280. The summed E-state index contributed by atoms with van der Waals surface area (Å²) >= 11 is 0. The van der Waals surface area contributed by atoms with Crippen molar-refractivity contribution in [2.45, 2.75) is 6.42 Å². The maximum Gasteiger partial charge on any atom is 0.169 e. The summed E-state index contributed by atoms with van der Waals surface area (Å²) in [4.78, 5) is 26.3. The van der Waals surface area contributed by atoms with Gasteiger partial charge in [0.25, 0.3) is 0 Å². The molecule has 4 heterocycles. The number of Topliss-reactive ketones (excluding diaryl/α,β-unsaturated/α-hetero) is 1. The second-order valence-electron chi connectivity index (χ2n) is 8.55. The Morgan fingerprint density at radius 3 is 2.58 bits per heavy atom. The lowest BCUT2D eigenvalue weighted by atomic mass is 10.0. The van der Waals surface area contributed by atoms with E-state index in [-0.39, 0.29) is 18.0 Å². The first kappa shape index (κ1) is 21.2. The smallest absolute Gasteiger partial charge is 0.169 e. The van der Waals surface area contributed by atoms with Crippen molar-refractivity contribution in [1.82, 2.24) is 24.6 Å². The summed E-state index contributed by atoms with van der Waals surface area (Å²) in [6.07, 6.45) is 6.87. The van der Waals surface area contributed by atoms with Crippen LogP contribution in [-0.4, -0.2) is 63.7 Å². The lowest BCUT2D eigenvalue weighted by Gasteiger charge is -2.33. The molecular formula is C25H25FN6O. The Morgan fingerprint density at radius 1 is 1.00 bits per heavy atom. The van der Waals surface area contributed by atoms with Crippen LogP contribution in [0.4, 0.5) is 10.2 Å². The van der Waals surface area contributed by atoms with Crippen LogP contribution in [0.25, 0.3) is 21.9 Å². The number of rotatable bonds is 5. The molecule has 0 unspecified atom stereocenters. The van der Waals surface area contributed by atoms with Crippen molar-refractivity contribution in [2.24, 2.45) is 7.05 Å². The largest absolute Gasteiger partial charge is 0.354 e. The molecule has 4 aromatic rings. The molecule has 1 aromatic carbocycles. The lowest BCUT2D eigenvalue weighted by molar-refractivity contribution is 0.0992. The van der Waals surface area contributed by atoms with Gasteiger partial charge in [0.1, 0.15) is 11.6 Å². The van der Waals surface area contributed by atoms with Crippen molar-refractivity contribution >= 4 is 22.4 Å². The van der Waals surface area contributed by atoms with E-state index in [4.69, 9.17) is 0 Å². The number of carbonyl (C=O) groups is 1. The molecule has 168 valence electrons. The average molecular weight is 445 g/mol. The highest BCUT2D eigenvalue weighted by atomic mass is 19.1. The normalized spacial score (nSPS) is 14.7. The van der Waals surface area contributed by atoms with E-state index in [0.29, 0.717) is 22.0 Å². The third-order valence-electron chi connectivity index (χ3n) is 6.12. The van der Waals surface area contributed by atoms with Crippen LogP contribution in [0.3, 0.4) is 0 Å². The highest BCUT2D eigenvalue weighted by Crippen LogP contribution is 2.27. The molecule has 0 radical (unpaired) electrons. The van der Waals surface area contributed by atoms with Crippen molar-refractivity contribution in [3.63, 3.8) is 0 Å². The average Bonchev–Trinajstić information content (AvgIpc) is 3.26. The number of fused-ring (bicyclic) bond motifs is 1. The molecule has 0 saturated carbocycles. The van der Waals surface area contributed by atoms with Crippen LogP contribution in [0.2, 0.25) is 0 Å². The van der Waals surface area contributed by atoms with Crippen LogP contribution in [0, 0.1) is 5.82 Å². The minimum atomic E-state index is -0.345. The van der Waals surface area contributed by atoms with Crippen LogP contribution in [-0.2, 0) is 13.5 Å². The number of hydrogen-bond acceptors (Lipinski definition) is 6. The molecule has 8 heteroatoms. The molecule has 1 fully saturated rings. The number of piperazine rings is 1. The molecule has 0 N–H and O–H groups in total. The summed E-state index contributed by atoms with van der Waals surface area (Å²) in [5, 5.41) is 5.30. The van der Waals surface area contributed by atoms with Gasteiger partial charge < -0.3 is 9.80 Å². The van der Waals surface area contributed by atoms with Gasteiger partial charge in [0, 0.05) is 74.0 Å². The number of likely N-dealkylation sites (N-methyl/N-ethyl adjacent to an activating group) is 1. The first-order valence-electron chi connectivity index (χ1n) is 11.0. The highest BCUT2D eigenvalue weighted by molar-refractivity contribution is 5.98. The fourth-order valence-corrected chi connectivity index (χ4v) is 4.16. The summed E-state index contributed by atoms with van der Waals surface area (Å²) in [6, 6.07) is 8.78. The lowest BCUT2D eigenvalue weighted by Crippen LogP contribution is -2.44. The van der Waals surface area contributed by atoms with E-state index < -0.39 is 0 Å². The van der Waals surface area contributed by atoms with Gasteiger partial charge in [-0.2, -0.15) is 5.10 Å². The third-order valence-corrected chi connectivity index (χ3v) is 6.12. The highest BCUT2D eigenvalue weighted by Gasteiger charge is 2.17. The molecule has 3 aromatic heterocycles. The minimum absolute atomic E-state index is 0.0384. The van der Waals surface area contributed by atoms with E-state index in [0.717, 1.165) is 43.1 Å². The maximum absolute atomic E-state index is 14.7. The fourth-order valence-electron chi connectivity index (χ4n) is 4.16. The van der Waals surface area contributed by atoms with Crippen molar-refractivity contribution in [3.8, 4) is 11.1 Å². The monoisotopic (exact) mass is 444 g/mol. The predicted octanol–water partition coefficient (Wildman–Crippen LogP) is 3.35. The van der Waals surface area contributed by atoms with Crippen molar-refractivity contribution in [3.05, 3.63) is 72.2 Å². The zero-order valence-corrected chi connectivity index (χ0v) is 18.7. The Bertz CT molecular complexity index is 1330. The molecule has 0 spiro atoms. The van der Waals surface area contributed by atoms with E-state index in [1.807, 2.05) is 25.4 Å². The zero-order chi connectivity index (χ0) is 22.9. The van der Waals surface area contributed by atoms with Gasteiger partial charge in [-0.1, -0.05) is 0 Å². The van der Waals surface area contributed by atoms with Gasteiger partial charge >= 0.3 is 0 Å². The molecule has 0 aliphatic carbocycles. The summed E-state index contributed by atoms with van der Waals surface area (Å²) in [5.41, 5.74) is 2.79. The number of halogens is 1. The molecule has 5 rings (SSSR count). The molecule has 0 bridgehead atoms. The predicted molar refractivity (Wildman–Crippen MR) is 126 cm³/mol. The van der Waals surface area contributed by atoms with E-state index in [2.05, 4.69) is 31.9 Å². The van der Waals surface area contributed by atoms with Gasteiger partial charge in [-0.3, -0.25) is 14.5 Å². The second kappa shape index (κ2) is 8.71. The van der Waals surface area contributed by atoms with Gasteiger partial charge in [0.2, 0.25) is 0 Å². The standard InChI is InChI=1S/C25H25FN6O/c1-30-5-7-32(8-6-30)25-12-17(3-4-27-25)24(33)13-21-10-19-9-18(20-14-29-31(2)16-20)11-23(26)22(19)15-28-21/h3-4,9-12,14-16H,5-8,13H2,1-2H3. The summed E-state index contributed by atoms with van der Waals surface area (Å²) in [5.74, 6) is 0.440. The van der Waals surface area contributed by atoms with Crippen LogP contribution < -0.4 is 4.90 Å². The summed E-state index contributed by atoms with van der Waals surface area (Å²) in [6.45, 7) is 3.72. The Kier molecular flexibility index (Phi) is 5.60.